The van der Waals surface area contributed by atoms with E-state index in [-0.39, 0.29) is 12.0 Å². The van der Waals surface area contributed by atoms with Crippen molar-refractivity contribution in [3.63, 3.8) is 0 Å². The van der Waals surface area contributed by atoms with Crippen LogP contribution >= 0.6 is 0 Å². The highest BCUT2D eigenvalue weighted by Gasteiger charge is 2.65. The number of nitrogens with zero attached hydrogens (tertiary/aromatic N) is 1. The quantitative estimate of drug-likeness (QED) is 0.688. The Kier molecular flexibility index (Phi) is 1.90. The fourth-order valence-electron chi connectivity index (χ4n) is 4.83. The summed E-state index contributed by atoms with van der Waals surface area (Å²) in [5, 5.41) is 9.53. The van der Waals surface area contributed by atoms with Gasteiger partial charge in [0.2, 0.25) is 6.04 Å². The molecule has 0 spiro atoms. The fraction of sp³-hybridized carbons (Fsp3) is 0.846. The average molecular weight is 219 g/mol. The maximum Gasteiger partial charge on any atom is 0.309 e. The Hall–Kier alpha value is -1.04. The highest BCUT2D eigenvalue weighted by atomic mass is 16.4. The third-order valence-corrected chi connectivity index (χ3v) is 5.53. The molecule has 0 radical (unpaired) electrons. The Morgan fingerprint density at radius 1 is 1.44 bits per heavy atom. The number of carboxylic acid groups (broad SMARTS) is 1. The summed E-state index contributed by atoms with van der Waals surface area (Å²) in [6.07, 6.45) is 3.82. The van der Waals surface area contributed by atoms with E-state index in [1.807, 2.05) is 0 Å². The molecule has 4 aliphatic carbocycles. The van der Waals surface area contributed by atoms with Crippen molar-refractivity contribution in [2.45, 2.75) is 38.6 Å². The van der Waals surface area contributed by atoms with Crippen molar-refractivity contribution in [2.75, 3.05) is 0 Å². The van der Waals surface area contributed by atoms with Gasteiger partial charge < -0.3 is 9.95 Å². The first-order chi connectivity index (χ1) is 7.58. The molecule has 4 rings (SSSR count). The maximum atomic E-state index is 11.6. The van der Waals surface area contributed by atoms with Crippen LogP contribution in [0.1, 0.15) is 32.6 Å². The Balaban J connectivity index is 2.03. The first kappa shape index (κ1) is 10.1. The van der Waals surface area contributed by atoms with E-state index in [2.05, 4.69) is 11.8 Å². The zero-order valence-corrected chi connectivity index (χ0v) is 9.52. The van der Waals surface area contributed by atoms with Crippen molar-refractivity contribution in [2.24, 2.45) is 29.1 Å². The van der Waals surface area contributed by atoms with Gasteiger partial charge in [0.15, 0.2) is 0 Å². The van der Waals surface area contributed by atoms with Gasteiger partial charge >= 0.3 is 5.97 Å². The summed E-state index contributed by atoms with van der Waals surface area (Å²) in [5.41, 5.74) is -0.488. The molecule has 4 bridgehead atoms. The molecule has 6 atom stereocenters. The molecule has 4 aliphatic rings. The molecule has 3 heteroatoms. The van der Waals surface area contributed by atoms with Crippen LogP contribution in [0.5, 0.6) is 0 Å². The molecular formula is C13H17NO2. The second-order valence-corrected chi connectivity index (χ2v) is 6.04. The second-order valence-electron chi connectivity index (χ2n) is 6.04. The van der Waals surface area contributed by atoms with E-state index in [0.717, 1.165) is 25.7 Å². The third-order valence-electron chi connectivity index (χ3n) is 5.53. The van der Waals surface area contributed by atoms with E-state index in [1.54, 1.807) is 0 Å². The molecule has 0 amide bonds. The Labute approximate surface area is 95.7 Å². The van der Waals surface area contributed by atoms with E-state index in [9.17, 15) is 9.90 Å². The van der Waals surface area contributed by atoms with E-state index >= 15 is 0 Å². The molecule has 16 heavy (non-hydrogen) atoms. The normalized spacial score (nSPS) is 53.6. The van der Waals surface area contributed by atoms with Crippen LogP contribution < -0.4 is 0 Å². The summed E-state index contributed by atoms with van der Waals surface area (Å²) < 4.78 is 0. The van der Waals surface area contributed by atoms with Gasteiger partial charge in [0.25, 0.3) is 0 Å². The molecule has 4 fully saturated rings. The van der Waals surface area contributed by atoms with E-state index in [4.69, 9.17) is 6.57 Å². The summed E-state index contributed by atoms with van der Waals surface area (Å²) in [6.45, 7) is 9.38. The lowest BCUT2D eigenvalue weighted by molar-refractivity contribution is -0.176. The molecule has 86 valence electrons. The van der Waals surface area contributed by atoms with Crippen molar-refractivity contribution in [1.29, 1.82) is 0 Å². The van der Waals surface area contributed by atoms with Gasteiger partial charge in [-0.25, -0.2) is 6.57 Å². The summed E-state index contributed by atoms with van der Waals surface area (Å²) in [4.78, 5) is 15.4. The molecule has 0 saturated heterocycles. The van der Waals surface area contributed by atoms with Gasteiger partial charge in [-0.05, 0) is 37.5 Å². The summed E-state index contributed by atoms with van der Waals surface area (Å²) in [5.74, 6) is 0.871. The van der Waals surface area contributed by atoms with E-state index < -0.39 is 11.4 Å². The zero-order chi connectivity index (χ0) is 11.5. The number of carbonyl (C=O) groups is 1. The van der Waals surface area contributed by atoms with Crippen LogP contribution in [0.15, 0.2) is 0 Å². The van der Waals surface area contributed by atoms with E-state index in [0.29, 0.717) is 17.8 Å². The predicted molar refractivity (Wildman–Crippen MR) is 58.6 cm³/mol. The van der Waals surface area contributed by atoms with Crippen molar-refractivity contribution in [3.05, 3.63) is 11.4 Å². The summed E-state index contributed by atoms with van der Waals surface area (Å²) in [6, 6.07) is 0.110. The number of rotatable bonds is 1. The predicted octanol–water partition coefficient (Wildman–Crippen LogP) is 2.43. The molecule has 3 nitrogen and oxygen atoms in total. The van der Waals surface area contributed by atoms with Gasteiger partial charge in [-0.2, -0.15) is 0 Å². The number of hydrogen-bond donors (Lipinski definition) is 1. The van der Waals surface area contributed by atoms with Gasteiger partial charge in [-0.1, -0.05) is 6.92 Å². The minimum Gasteiger partial charge on any atom is -0.481 e. The first-order valence-electron chi connectivity index (χ1n) is 6.18. The van der Waals surface area contributed by atoms with E-state index in [1.165, 1.54) is 0 Å². The van der Waals surface area contributed by atoms with Crippen LogP contribution in [0.4, 0.5) is 0 Å². The number of aliphatic carboxylic acids is 1. The van der Waals surface area contributed by atoms with Crippen LogP contribution in [0.2, 0.25) is 0 Å². The van der Waals surface area contributed by atoms with Crippen LogP contribution in [0, 0.1) is 35.7 Å². The monoisotopic (exact) mass is 219 g/mol. The Morgan fingerprint density at radius 2 is 2.19 bits per heavy atom. The Bertz CT molecular complexity index is 386. The lowest BCUT2D eigenvalue weighted by Crippen LogP contribution is -2.60. The smallest absolute Gasteiger partial charge is 0.309 e. The topological polar surface area (TPSA) is 41.7 Å². The van der Waals surface area contributed by atoms with Crippen molar-refractivity contribution >= 4 is 5.97 Å². The summed E-state index contributed by atoms with van der Waals surface area (Å²) in [7, 11) is 0. The van der Waals surface area contributed by atoms with Gasteiger partial charge in [-0.3, -0.25) is 4.79 Å². The van der Waals surface area contributed by atoms with Crippen molar-refractivity contribution < 1.29 is 9.90 Å². The highest BCUT2D eigenvalue weighted by Crippen LogP contribution is 2.63. The van der Waals surface area contributed by atoms with Crippen molar-refractivity contribution in [1.82, 2.24) is 0 Å². The Morgan fingerprint density at radius 3 is 2.81 bits per heavy atom. The molecule has 1 N–H and O–H groups in total. The average Bonchev–Trinajstić information content (AvgIpc) is 2.24. The molecule has 0 aromatic rings. The van der Waals surface area contributed by atoms with Gasteiger partial charge in [0, 0.05) is 11.8 Å². The minimum atomic E-state index is -0.608. The van der Waals surface area contributed by atoms with Gasteiger partial charge in [0.05, 0.1) is 5.41 Å². The molecular weight excluding hydrogens is 202 g/mol. The van der Waals surface area contributed by atoms with Crippen molar-refractivity contribution in [3.8, 4) is 0 Å². The highest BCUT2D eigenvalue weighted by molar-refractivity contribution is 5.76. The first-order valence-corrected chi connectivity index (χ1v) is 6.18. The third kappa shape index (κ3) is 1.00. The lowest BCUT2D eigenvalue weighted by atomic mass is 9.44. The maximum absolute atomic E-state index is 11.6. The van der Waals surface area contributed by atoms with Crippen LogP contribution in [-0.4, -0.2) is 17.1 Å². The fourth-order valence-corrected chi connectivity index (χ4v) is 4.83. The van der Waals surface area contributed by atoms with Crippen LogP contribution in [-0.2, 0) is 4.79 Å². The lowest BCUT2D eigenvalue weighted by Gasteiger charge is -2.58. The molecule has 0 aliphatic heterocycles. The van der Waals surface area contributed by atoms with Gasteiger partial charge in [0.1, 0.15) is 0 Å². The molecule has 4 saturated carbocycles. The standard InChI is InChI=1S/C13H17NO2/c1-7-10-4-8-3-9(11(10)14-2)6-13(7,5-8)12(15)16/h7-11H,3-6H2,1H3,(H,15,16). The zero-order valence-electron chi connectivity index (χ0n) is 9.52. The van der Waals surface area contributed by atoms with Crippen LogP contribution in [0.3, 0.4) is 0 Å². The largest absolute Gasteiger partial charge is 0.481 e. The van der Waals surface area contributed by atoms with Gasteiger partial charge in [-0.15, -0.1) is 0 Å². The number of hydrogen-bond acceptors (Lipinski definition) is 1. The molecule has 0 aromatic heterocycles. The number of carboxylic acids is 1. The molecule has 6 unspecified atom stereocenters. The second kappa shape index (κ2) is 3.00. The minimum absolute atomic E-state index is 0.110. The molecule has 0 heterocycles. The summed E-state index contributed by atoms with van der Waals surface area (Å²) >= 11 is 0. The molecule has 0 aromatic carbocycles. The SMILES string of the molecule is [C-]#[N+]C1C2CC3CC1C(C)C(C(=O)O)(C3)C2. The van der Waals surface area contributed by atoms with Crippen LogP contribution in [0.25, 0.3) is 4.85 Å².